The van der Waals surface area contributed by atoms with E-state index in [9.17, 15) is 8.42 Å². The van der Waals surface area contributed by atoms with Gasteiger partial charge in [-0.2, -0.15) is 0 Å². The molecule has 0 saturated carbocycles. The van der Waals surface area contributed by atoms with Crippen LogP contribution in [0.1, 0.15) is 26.5 Å². The molecule has 0 spiro atoms. The van der Waals surface area contributed by atoms with Crippen LogP contribution in [0.2, 0.25) is 0 Å². The topological polar surface area (TPSA) is 69.9 Å². The van der Waals surface area contributed by atoms with Crippen molar-refractivity contribution in [2.75, 3.05) is 39.0 Å². The van der Waals surface area contributed by atoms with Gasteiger partial charge < -0.3 is 14.8 Å². The molecule has 0 unspecified atom stereocenters. The lowest BCUT2D eigenvalue weighted by Gasteiger charge is -2.23. The molecule has 0 aromatic carbocycles. The van der Waals surface area contributed by atoms with E-state index in [1.54, 1.807) is 0 Å². The second-order valence-electron chi connectivity index (χ2n) is 5.75. The van der Waals surface area contributed by atoms with E-state index in [1.807, 2.05) is 46.0 Å². The van der Waals surface area contributed by atoms with Crippen LogP contribution in [0.15, 0.2) is 21.7 Å². The number of halogens is 1. The van der Waals surface area contributed by atoms with Gasteiger partial charge in [-0.05, 0) is 28.9 Å². The van der Waals surface area contributed by atoms with E-state index in [0.29, 0.717) is 25.6 Å². The minimum absolute atomic E-state index is 0.0209. The van der Waals surface area contributed by atoms with Gasteiger partial charge in [0.1, 0.15) is 0 Å². The molecule has 1 aromatic heterocycles. The number of aromatic nitrogens is 1. The Balaban J connectivity index is 2.77. The van der Waals surface area contributed by atoms with Crippen molar-refractivity contribution in [3.05, 3.63) is 22.4 Å². The van der Waals surface area contributed by atoms with Crippen LogP contribution in [-0.2, 0) is 23.6 Å². The second kappa shape index (κ2) is 10.2. The van der Waals surface area contributed by atoms with Crippen molar-refractivity contribution < 1.29 is 8.42 Å². The van der Waals surface area contributed by atoms with Crippen molar-refractivity contribution in [2.24, 2.45) is 12.0 Å². The Labute approximate surface area is 160 Å². The maximum absolute atomic E-state index is 12.3. The molecule has 0 saturated heterocycles. The highest BCUT2D eigenvalue weighted by atomic mass is 79.9. The molecule has 0 aliphatic heterocycles. The monoisotopic (exact) mass is 435 g/mol. The number of guanidine groups is 1. The highest BCUT2D eigenvalue weighted by Gasteiger charge is 2.18. The third-order valence-electron chi connectivity index (χ3n) is 3.88. The molecule has 0 bridgehead atoms. The molecule has 1 heterocycles. The van der Waals surface area contributed by atoms with Crippen LogP contribution in [0, 0.1) is 0 Å². The molecule has 1 N–H and O–H groups in total. The Kier molecular flexibility index (Phi) is 8.95. The summed E-state index contributed by atoms with van der Waals surface area (Å²) in [7, 11) is 0.689. The van der Waals surface area contributed by atoms with E-state index in [2.05, 4.69) is 36.9 Å². The molecular formula is C16H30BrN5O2S. The van der Waals surface area contributed by atoms with E-state index in [1.165, 1.54) is 4.31 Å². The largest absolute Gasteiger partial charge is 0.357 e. The van der Waals surface area contributed by atoms with Gasteiger partial charge in [0, 0.05) is 50.1 Å². The van der Waals surface area contributed by atoms with Crippen molar-refractivity contribution in [3.63, 3.8) is 0 Å². The first-order valence-electron chi connectivity index (χ1n) is 8.53. The van der Waals surface area contributed by atoms with Gasteiger partial charge in [0.25, 0.3) is 0 Å². The molecule has 144 valence electrons. The van der Waals surface area contributed by atoms with E-state index in [4.69, 9.17) is 0 Å². The second-order valence-corrected chi connectivity index (χ2v) is 8.76. The van der Waals surface area contributed by atoms with E-state index in [-0.39, 0.29) is 12.3 Å². The highest BCUT2D eigenvalue weighted by Crippen LogP contribution is 2.15. The van der Waals surface area contributed by atoms with Gasteiger partial charge in [-0.3, -0.25) is 4.99 Å². The van der Waals surface area contributed by atoms with Crippen LogP contribution in [-0.4, -0.2) is 67.1 Å². The van der Waals surface area contributed by atoms with Gasteiger partial charge in [0.15, 0.2) is 5.96 Å². The number of aryl methyl sites for hydroxylation is 1. The quantitative estimate of drug-likeness (QED) is 0.474. The zero-order chi connectivity index (χ0) is 19.0. The van der Waals surface area contributed by atoms with E-state index in [0.717, 1.165) is 16.7 Å². The van der Waals surface area contributed by atoms with Crippen molar-refractivity contribution in [2.45, 2.75) is 27.3 Å². The lowest BCUT2D eigenvalue weighted by Crippen LogP contribution is -2.39. The SMILES string of the molecule is CCNC(=NCCS(=O)(=O)N(CC)CC)N(C)Cc1cc(Br)cn1C. The third-order valence-corrected chi connectivity index (χ3v) is 6.32. The summed E-state index contributed by atoms with van der Waals surface area (Å²) in [5, 5.41) is 3.22. The predicted octanol–water partition coefficient (Wildman–Crippen LogP) is 1.86. The first-order chi connectivity index (χ1) is 11.7. The van der Waals surface area contributed by atoms with Crippen molar-refractivity contribution >= 4 is 31.9 Å². The number of hydrogen-bond donors (Lipinski definition) is 1. The minimum atomic E-state index is -3.25. The Bertz CT molecular complexity index is 668. The highest BCUT2D eigenvalue weighted by molar-refractivity contribution is 9.10. The van der Waals surface area contributed by atoms with Crippen molar-refractivity contribution in [1.82, 2.24) is 19.1 Å². The molecular weight excluding hydrogens is 406 g/mol. The fraction of sp³-hybridized carbons (Fsp3) is 0.688. The van der Waals surface area contributed by atoms with Crippen LogP contribution in [0.5, 0.6) is 0 Å². The first-order valence-corrected chi connectivity index (χ1v) is 10.9. The average Bonchev–Trinajstić information content (AvgIpc) is 2.84. The van der Waals surface area contributed by atoms with Gasteiger partial charge in [0.05, 0.1) is 18.8 Å². The van der Waals surface area contributed by atoms with Crippen LogP contribution in [0.3, 0.4) is 0 Å². The lowest BCUT2D eigenvalue weighted by molar-refractivity contribution is 0.444. The summed E-state index contributed by atoms with van der Waals surface area (Å²) in [5.41, 5.74) is 1.13. The summed E-state index contributed by atoms with van der Waals surface area (Å²) in [6.45, 7) is 8.31. The number of sulfonamides is 1. The molecule has 1 aromatic rings. The summed E-state index contributed by atoms with van der Waals surface area (Å²) in [4.78, 5) is 6.48. The third kappa shape index (κ3) is 6.63. The lowest BCUT2D eigenvalue weighted by atomic mass is 10.4. The summed E-state index contributed by atoms with van der Waals surface area (Å²) < 4.78 is 29.1. The first kappa shape index (κ1) is 22.0. The fourth-order valence-electron chi connectivity index (χ4n) is 2.52. The number of nitrogens with zero attached hydrogens (tertiary/aromatic N) is 4. The molecule has 0 atom stereocenters. The Hall–Kier alpha value is -1.06. The maximum Gasteiger partial charge on any atom is 0.215 e. The molecule has 0 radical (unpaired) electrons. The van der Waals surface area contributed by atoms with E-state index >= 15 is 0 Å². The average molecular weight is 436 g/mol. The van der Waals surface area contributed by atoms with Crippen LogP contribution >= 0.6 is 15.9 Å². The number of nitrogens with one attached hydrogen (secondary N) is 1. The van der Waals surface area contributed by atoms with Gasteiger partial charge in [-0.1, -0.05) is 13.8 Å². The normalized spacial score (nSPS) is 12.7. The summed E-state index contributed by atoms with van der Waals surface area (Å²) in [6, 6.07) is 2.06. The molecule has 0 fully saturated rings. The van der Waals surface area contributed by atoms with Gasteiger partial charge >= 0.3 is 0 Å². The Morgan fingerprint density at radius 3 is 2.44 bits per heavy atom. The van der Waals surface area contributed by atoms with Crippen molar-refractivity contribution in [3.8, 4) is 0 Å². The maximum atomic E-state index is 12.3. The molecule has 9 heteroatoms. The van der Waals surface area contributed by atoms with Gasteiger partial charge in [-0.25, -0.2) is 12.7 Å². The molecule has 1 rings (SSSR count). The standard InChI is InChI=1S/C16H30BrN5O2S/c1-6-18-16(19-9-10-25(23,24)22(7-2)8-3)21(5)13-15-11-14(17)12-20(15)4/h11-12H,6-10,13H2,1-5H3,(H,18,19). The number of rotatable bonds is 9. The minimum Gasteiger partial charge on any atom is -0.357 e. The van der Waals surface area contributed by atoms with Crippen LogP contribution in [0.25, 0.3) is 0 Å². The zero-order valence-electron chi connectivity index (χ0n) is 15.8. The number of aliphatic imine (C=N–C) groups is 1. The Morgan fingerprint density at radius 1 is 1.32 bits per heavy atom. The van der Waals surface area contributed by atoms with Gasteiger partial charge in [0.2, 0.25) is 10.0 Å². The molecule has 0 amide bonds. The molecule has 0 aliphatic rings. The molecule has 25 heavy (non-hydrogen) atoms. The van der Waals surface area contributed by atoms with Crippen LogP contribution in [0.4, 0.5) is 0 Å². The summed E-state index contributed by atoms with van der Waals surface area (Å²) >= 11 is 3.47. The smallest absolute Gasteiger partial charge is 0.215 e. The number of hydrogen-bond acceptors (Lipinski definition) is 3. The van der Waals surface area contributed by atoms with E-state index < -0.39 is 10.0 Å². The fourth-order valence-corrected chi connectivity index (χ4v) is 4.46. The Morgan fingerprint density at radius 2 is 1.96 bits per heavy atom. The molecule has 0 aliphatic carbocycles. The molecule has 7 nitrogen and oxygen atoms in total. The summed E-state index contributed by atoms with van der Waals surface area (Å²) in [5.74, 6) is 0.724. The van der Waals surface area contributed by atoms with Crippen molar-refractivity contribution in [1.29, 1.82) is 0 Å². The van der Waals surface area contributed by atoms with Gasteiger partial charge in [-0.15, -0.1) is 0 Å². The zero-order valence-corrected chi connectivity index (χ0v) is 18.2. The van der Waals surface area contributed by atoms with Crippen LogP contribution < -0.4 is 5.32 Å². The summed E-state index contributed by atoms with van der Waals surface area (Å²) in [6.07, 6.45) is 2.00. The predicted molar refractivity (Wildman–Crippen MR) is 107 cm³/mol.